The molecular formula is C7H11Br. The zero-order valence-electron chi connectivity index (χ0n) is 4.99. The number of allylic oxidation sites excluding steroid dienone is 1. The third-order valence-corrected chi connectivity index (χ3v) is 1.44. The summed E-state index contributed by atoms with van der Waals surface area (Å²) in [5.74, 6) is 0. The van der Waals surface area contributed by atoms with Gasteiger partial charge in [0.15, 0.2) is 0 Å². The lowest BCUT2D eigenvalue weighted by atomic mass is 10.2. The van der Waals surface area contributed by atoms with Crippen molar-refractivity contribution in [3.05, 3.63) is 18.4 Å². The molecule has 0 saturated carbocycles. The fourth-order valence-corrected chi connectivity index (χ4v) is 0.839. The van der Waals surface area contributed by atoms with Crippen LogP contribution >= 0.6 is 15.9 Å². The molecule has 0 aromatic heterocycles. The van der Waals surface area contributed by atoms with Gasteiger partial charge in [0.1, 0.15) is 0 Å². The van der Waals surface area contributed by atoms with Crippen molar-refractivity contribution >= 4 is 15.9 Å². The summed E-state index contributed by atoms with van der Waals surface area (Å²) < 4.78 is 0. The van der Waals surface area contributed by atoms with E-state index in [1.54, 1.807) is 0 Å². The Bertz CT molecular complexity index is 80.4. The highest BCUT2D eigenvalue weighted by Crippen LogP contribution is 1.97. The Morgan fingerprint density at radius 1 is 1.50 bits per heavy atom. The molecule has 0 saturated heterocycles. The fraction of sp³-hybridized carbons (Fsp3) is 0.571. The molecule has 0 amide bonds. The molecule has 0 N–H and O–H groups in total. The molecule has 0 aliphatic heterocycles. The zero-order valence-corrected chi connectivity index (χ0v) is 6.58. The highest BCUT2D eigenvalue weighted by molar-refractivity contribution is 9.09. The lowest BCUT2D eigenvalue weighted by molar-refractivity contribution is 0.827. The lowest BCUT2D eigenvalue weighted by Gasteiger charge is -1.86. The molecule has 0 radical (unpaired) electrons. The molecule has 0 heterocycles. The second-order valence-electron chi connectivity index (χ2n) is 1.59. The molecule has 0 unspecified atom stereocenters. The summed E-state index contributed by atoms with van der Waals surface area (Å²) in [7, 11) is 0. The van der Waals surface area contributed by atoms with Gasteiger partial charge in [-0.2, -0.15) is 0 Å². The maximum atomic E-state index is 3.47. The van der Waals surface area contributed by atoms with Crippen LogP contribution < -0.4 is 0 Å². The number of alkyl halides is 1. The van der Waals surface area contributed by atoms with Crippen molar-refractivity contribution < 1.29 is 0 Å². The first-order valence-corrected chi connectivity index (χ1v) is 3.94. The number of hydrogen-bond acceptors (Lipinski definition) is 0. The Balaban J connectivity index is 2.82. The Kier molecular flexibility index (Phi) is 7.00. The molecule has 0 aliphatic carbocycles. The van der Waals surface area contributed by atoms with Gasteiger partial charge in [0.25, 0.3) is 0 Å². The fourth-order valence-electron chi connectivity index (χ4n) is 0.443. The Morgan fingerprint density at radius 2 is 2.25 bits per heavy atom. The smallest absolute Gasteiger partial charge is 0.00314 e. The van der Waals surface area contributed by atoms with Gasteiger partial charge >= 0.3 is 0 Å². The topological polar surface area (TPSA) is 0 Å². The van der Waals surface area contributed by atoms with Crippen LogP contribution in [-0.4, -0.2) is 5.33 Å². The molecule has 0 fully saturated rings. The largest absolute Gasteiger partial charge is 0.133 e. The number of unbranched alkanes of at least 4 members (excludes halogenated alkanes) is 2. The van der Waals surface area contributed by atoms with Crippen molar-refractivity contribution in [3.8, 4) is 0 Å². The first-order valence-electron chi connectivity index (χ1n) is 2.82. The van der Waals surface area contributed by atoms with Gasteiger partial charge in [-0.25, -0.2) is 0 Å². The Labute approximate surface area is 59.4 Å². The molecular weight excluding hydrogens is 164 g/mol. The predicted octanol–water partition coefficient (Wildman–Crippen LogP) is 2.89. The van der Waals surface area contributed by atoms with Gasteiger partial charge < -0.3 is 0 Å². The average Bonchev–Trinajstić information content (AvgIpc) is 1.81. The van der Waals surface area contributed by atoms with Crippen molar-refractivity contribution in [2.75, 3.05) is 5.33 Å². The van der Waals surface area contributed by atoms with Gasteiger partial charge in [-0.1, -0.05) is 22.5 Å². The normalized spacial score (nSPS) is 8.12. The molecule has 0 aliphatic rings. The molecule has 0 atom stereocenters. The van der Waals surface area contributed by atoms with E-state index in [0.717, 1.165) is 11.8 Å². The van der Waals surface area contributed by atoms with Gasteiger partial charge in [-0.05, 0) is 25.3 Å². The third kappa shape index (κ3) is 6.00. The van der Waals surface area contributed by atoms with Gasteiger partial charge in [0.2, 0.25) is 0 Å². The van der Waals surface area contributed by atoms with E-state index in [1.165, 1.54) is 12.8 Å². The van der Waals surface area contributed by atoms with E-state index in [9.17, 15) is 0 Å². The zero-order chi connectivity index (χ0) is 6.24. The van der Waals surface area contributed by atoms with Crippen LogP contribution in [0.2, 0.25) is 0 Å². The number of hydrogen-bond donors (Lipinski definition) is 0. The monoisotopic (exact) mass is 174 g/mol. The molecule has 46 valence electrons. The van der Waals surface area contributed by atoms with Gasteiger partial charge in [-0.3, -0.25) is 0 Å². The molecule has 0 bridgehead atoms. The quantitative estimate of drug-likeness (QED) is 0.350. The van der Waals surface area contributed by atoms with Crippen molar-refractivity contribution in [1.29, 1.82) is 0 Å². The minimum atomic E-state index is 1.11. The maximum absolute atomic E-state index is 3.47. The van der Waals surface area contributed by atoms with Crippen molar-refractivity contribution in [3.63, 3.8) is 0 Å². The van der Waals surface area contributed by atoms with E-state index in [0.29, 0.717) is 0 Å². The van der Waals surface area contributed by atoms with Crippen molar-refractivity contribution in [2.45, 2.75) is 19.3 Å². The standard InChI is InChI=1S/C7H11Br/c1-2-3-4-5-6-7-8/h3H,1,4-7H2. The van der Waals surface area contributed by atoms with Gasteiger partial charge in [0, 0.05) is 5.33 Å². The SMILES string of the molecule is C=C=CCCCCBr. The molecule has 0 aromatic rings. The van der Waals surface area contributed by atoms with Crippen LogP contribution in [0.4, 0.5) is 0 Å². The summed E-state index contributed by atoms with van der Waals surface area (Å²) >= 11 is 3.35. The predicted molar refractivity (Wildman–Crippen MR) is 41.4 cm³/mol. The van der Waals surface area contributed by atoms with Crippen LogP contribution in [0.25, 0.3) is 0 Å². The molecule has 0 spiro atoms. The van der Waals surface area contributed by atoms with Crippen LogP contribution in [0, 0.1) is 0 Å². The van der Waals surface area contributed by atoms with Crippen LogP contribution in [0.3, 0.4) is 0 Å². The number of halogens is 1. The minimum Gasteiger partial charge on any atom is -0.133 e. The number of rotatable bonds is 4. The summed E-state index contributed by atoms with van der Waals surface area (Å²) in [6, 6.07) is 0. The molecule has 0 rings (SSSR count). The van der Waals surface area contributed by atoms with E-state index >= 15 is 0 Å². The Hall–Kier alpha value is 0. The van der Waals surface area contributed by atoms with Crippen LogP contribution in [-0.2, 0) is 0 Å². The summed E-state index contributed by atoms with van der Waals surface area (Å²) in [5, 5.41) is 1.11. The molecule has 8 heavy (non-hydrogen) atoms. The highest BCUT2D eigenvalue weighted by Gasteiger charge is 1.79. The van der Waals surface area contributed by atoms with Crippen molar-refractivity contribution in [2.24, 2.45) is 0 Å². The first kappa shape index (κ1) is 8.00. The van der Waals surface area contributed by atoms with E-state index in [4.69, 9.17) is 0 Å². The van der Waals surface area contributed by atoms with E-state index in [1.807, 2.05) is 6.08 Å². The summed E-state index contributed by atoms with van der Waals surface area (Å²) in [4.78, 5) is 0. The van der Waals surface area contributed by atoms with Crippen LogP contribution in [0.5, 0.6) is 0 Å². The minimum absolute atomic E-state index is 1.11. The second kappa shape index (κ2) is 7.00. The third-order valence-electron chi connectivity index (χ3n) is 0.876. The summed E-state index contributed by atoms with van der Waals surface area (Å²) in [5.41, 5.74) is 2.74. The summed E-state index contributed by atoms with van der Waals surface area (Å²) in [6.07, 6.45) is 5.59. The van der Waals surface area contributed by atoms with E-state index in [2.05, 4.69) is 28.2 Å². The Morgan fingerprint density at radius 3 is 2.75 bits per heavy atom. The highest BCUT2D eigenvalue weighted by atomic mass is 79.9. The first-order chi connectivity index (χ1) is 3.91. The van der Waals surface area contributed by atoms with Crippen LogP contribution in [0.15, 0.2) is 18.4 Å². The maximum Gasteiger partial charge on any atom is 0.00314 e. The van der Waals surface area contributed by atoms with E-state index < -0.39 is 0 Å². The second-order valence-corrected chi connectivity index (χ2v) is 2.39. The molecule has 1 heteroatoms. The average molecular weight is 175 g/mol. The molecule has 0 nitrogen and oxygen atoms in total. The van der Waals surface area contributed by atoms with Gasteiger partial charge in [0.05, 0.1) is 0 Å². The summed E-state index contributed by atoms with van der Waals surface area (Å²) in [6.45, 7) is 3.47. The molecule has 0 aromatic carbocycles. The van der Waals surface area contributed by atoms with Crippen molar-refractivity contribution in [1.82, 2.24) is 0 Å². The van der Waals surface area contributed by atoms with E-state index in [-0.39, 0.29) is 0 Å². The van der Waals surface area contributed by atoms with Crippen LogP contribution in [0.1, 0.15) is 19.3 Å². The van der Waals surface area contributed by atoms with Gasteiger partial charge in [-0.15, -0.1) is 5.73 Å². The lowest BCUT2D eigenvalue weighted by Crippen LogP contribution is -1.71.